The van der Waals surface area contributed by atoms with E-state index in [-0.39, 0.29) is 5.88 Å². The Morgan fingerprint density at radius 1 is 1.62 bits per heavy atom. The highest BCUT2D eigenvalue weighted by Gasteiger charge is 2.03. The molecule has 2 N–H and O–H groups in total. The highest BCUT2D eigenvalue weighted by atomic mass is 32.1. The molecule has 0 unspecified atom stereocenters. The number of rotatable bonds is 2. The Balaban J connectivity index is 2.14. The number of H-pyrrole nitrogens is 1. The van der Waals surface area contributed by atoms with Gasteiger partial charge < -0.3 is 10.1 Å². The maximum atomic E-state index is 9.00. The number of aromatic nitrogens is 3. The van der Waals surface area contributed by atoms with Crippen LogP contribution in [0.4, 0.5) is 0 Å². The standard InChI is InChI=1S/C8H9N3OS/c1-5-4-13-8(10-5)2-6-9-3-7(12)11-6/h3-4,12H,2H2,1H3,(H,9,11). The Morgan fingerprint density at radius 2 is 2.46 bits per heavy atom. The molecule has 0 radical (unpaired) electrons. The molecule has 5 heteroatoms. The zero-order valence-corrected chi connectivity index (χ0v) is 7.93. The van der Waals surface area contributed by atoms with Gasteiger partial charge in [-0.2, -0.15) is 0 Å². The molecule has 0 aromatic carbocycles. The van der Waals surface area contributed by atoms with Crippen LogP contribution in [0.3, 0.4) is 0 Å². The molecule has 68 valence electrons. The van der Waals surface area contributed by atoms with Gasteiger partial charge in [-0.3, -0.25) is 0 Å². The van der Waals surface area contributed by atoms with Crippen molar-refractivity contribution in [3.63, 3.8) is 0 Å². The summed E-state index contributed by atoms with van der Waals surface area (Å²) in [5, 5.41) is 12.0. The summed E-state index contributed by atoms with van der Waals surface area (Å²) in [5.41, 5.74) is 1.02. The van der Waals surface area contributed by atoms with Gasteiger partial charge in [0.15, 0.2) is 0 Å². The molecule has 0 saturated carbocycles. The van der Waals surface area contributed by atoms with Crippen molar-refractivity contribution in [2.24, 2.45) is 0 Å². The van der Waals surface area contributed by atoms with E-state index < -0.39 is 0 Å². The first-order valence-electron chi connectivity index (χ1n) is 3.88. The van der Waals surface area contributed by atoms with Crippen LogP contribution in [0.15, 0.2) is 11.6 Å². The summed E-state index contributed by atoms with van der Waals surface area (Å²) < 4.78 is 0. The second-order valence-corrected chi connectivity index (χ2v) is 3.72. The van der Waals surface area contributed by atoms with Crippen LogP contribution < -0.4 is 0 Å². The van der Waals surface area contributed by atoms with Crippen molar-refractivity contribution in [3.8, 4) is 5.88 Å². The summed E-state index contributed by atoms with van der Waals surface area (Å²) in [7, 11) is 0. The van der Waals surface area contributed by atoms with Crippen LogP contribution in [0.2, 0.25) is 0 Å². The second-order valence-electron chi connectivity index (χ2n) is 2.77. The molecule has 0 aliphatic rings. The van der Waals surface area contributed by atoms with Gasteiger partial charge >= 0.3 is 0 Å². The van der Waals surface area contributed by atoms with Gasteiger partial charge in [0.05, 0.1) is 12.6 Å². The van der Waals surface area contributed by atoms with Gasteiger partial charge in [0.1, 0.15) is 10.8 Å². The van der Waals surface area contributed by atoms with Gasteiger partial charge in [-0.1, -0.05) is 0 Å². The molecular formula is C8H9N3OS. The van der Waals surface area contributed by atoms with E-state index in [2.05, 4.69) is 15.0 Å². The van der Waals surface area contributed by atoms with E-state index in [1.54, 1.807) is 11.3 Å². The fraction of sp³-hybridized carbons (Fsp3) is 0.250. The van der Waals surface area contributed by atoms with Crippen LogP contribution in [-0.4, -0.2) is 20.1 Å². The Bertz CT molecular complexity index is 369. The molecule has 0 fully saturated rings. The Hall–Kier alpha value is -1.36. The summed E-state index contributed by atoms with van der Waals surface area (Å²) in [5.74, 6) is 0.843. The van der Waals surface area contributed by atoms with Gasteiger partial charge in [-0.05, 0) is 6.92 Å². The third-order valence-electron chi connectivity index (χ3n) is 1.60. The first kappa shape index (κ1) is 8.25. The lowest BCUT2D eigenvalue weighted by Gasteiger charge is -1.89. The van der Waals surface area contributed by atoms with E-state index in [0.29, 0.717) is 6.42 Å². The van der Waals surface area contributed by atoms with Crippen molar-refractivity contribution in [2.45, 2.75) is 13.3 Å². The topological polar surface area (TPSA) is 61.8 Å². The summed E-state index contributed by atoms with van der Waals surface area (Å²) in [4.78, 5) is 11.0. The van der Waals surface area contributed by atoms with Crippen molar-refractivity contribution in [2.75, 3.05) is 0 Å². The lowest BCUT2D eigenvalue weighted by molar-refractivity contribution is 0.455. The smallest absolute Gasteiger partial charge is 0.208 e. The first-order chi connectivity index (χ1) is 6.24. The number of nitrogens with zero attached hydrogens (tertiary/aromatic N) is 2. The number of hydrogen-bond donors (Lipinski definition) is 2. The minimum atomic E-state index is 0.100. The van der Waals surface area contributed by atoms with Crippen LogP contribution in [0.25, 0.3) is 0 Å². The van der Waals surface area contributed by atoms with Gasteiger partial charge in [-0.25, -0.2) is 9.97 Å². The third-order valence-corrected chi connectivity index (χ3v) is 2.57. The highest BCUT2D eigenvalue weighted by Crippen LogP contribution is 2.13. The molecule has 2 heterocycles. The SMILES string of the molecule is Cc1csc(Cc2ncc(O)[nH]2)n1. The number of aryl methyl sites for hydroxylation is 1. The second kappa shape index (κ2) is 3.18. The number of aromatic hydroxyl groups is 1. The van der Waals surface area contributed by atoms with Crippen molar-refractivity contribution in [3.05, 3.63) is 28.1 Å². The Kier molecular flexibility index (Phi) is 2.02. The zero-order valence-electron chi connectivity index (χ0n) is 7.11. The summed E-state index contributed by atoms with van der Waals surface area (Å²) in [6.07, 6.45) is 2.05. The number of thiazole rings is 1. The molecular weight excluding hydrogens is 186 g/mol. The molecule has 2 aromatic heterocycles. The average Bonchev–Trinajstić information content (AvgIpc) is 2.62. The maximum absolute atomic E-state index is 9.00. The van der Waals surface area contributed by atoms with Crippen LogP contribution in [0.5, 0.6) is 5.88 Å². The van der Waals surface area contributed by atoms with Crippen LogP contribution in [-0.2, 0) is 6.42 Å². The number of hydrogen-bond acceptors (Lipinski definition) is 4. The molecule has 0 atom stereocenters. The molecule has 0 spiro atoms. The molecule has 13 heavy (non-hydrogen) atoms. The first-order valence-corrected chi connectivity index (χ1v) is 4.76. The van der Waals surface area contributed by atoms with Crippen molar-refractivity contribution in [1.29, 1.82) is 0 Å². The molecule has 0 aliphatic heterocycles. The predicted molar refractivity (Wildman–Crippen MR) is 49.9 cm³/mol. The van der Waals surface area contributed by atoms with Crippen molar-refractivity contribution >= 4 is 11.3 Å². The number of imidazole rings is 1. The van der Waals surface area contributed by atoms with Crippen molar-refractivity contribution in [1.82, 2.24) is 15.0 Å². The van der Waals surface area contributed by atoms with E-state index in [4.69, 9.17) is 5.11 Å². The molecule has 0 aliphatic carbocycles. The average molecular weight is 195 g/mol. The Morgan fingerprint density at radius 3 is 3.00 bits per heavy atom. The van der Waals surface area contributed by atoms with Gasteiger partial charge in [0.2, 0.25) is 5.88 Å². The molecule has 2 aromatic rings. The maximum Gasteiger partial charge on any atom is 0.208 e. The number of nitrogens with one attached hydrogen (secondary N) is 1. The van der Waals surface area contributed by atoms with Crippen LogP contribution in [0, 0.1) is 6.92 Å². The molecule has 4 nitrogen and oxygen atoms in total. The number of aromatic amines is 1. The van der Waals surface area contributed by atoms with E-state index in [1.165, 1.54) is 6.20 Å². The monoisotopic (exact) mass is 195 g/mol. The van der Waals surface area contributed by atoms with E-state index in [1.807, 2.05) is 12.3 Å². The van der Waals surface area contributed by atoms with Crippen LogP contribution >= 0.6 is 11.3 Å². The van der Waals surface area contributed by atoms with E-state index in [9.17, 15) is 0 Å². The molecule has 2 rings (SSSR count). The van der Waals surface area contributed by atoms with E-state index >= 15 is 0 Å². The molecule has 0 amide bonds. The van der Waals surface area contributed by atoms with Crippen molar-refractivity contribution < 1.29 is 5.11 Å². The lowest BCUT2D eigenvalue weighted by Crippen LogP contribution is -1.89. The summed E-state index contributed by atoms with van der Waals surface area (Å²) in [6.45, 7) is 1.96. The van der Waals surface area contributed by atoms with Gasteiger partial charge in [0, 0.05) is 11.1 Å². The summed E-state index contributed by atoms with van der Waals surface area (Å²) >= 11 is 1.60. The molecule has 0 saturated heterocycles. The van der Waals surface area contributed by atoms with E-state index in [0.717, 1.165) is 16.5 Å². The van der Waals surface area contributed by atoms with Crippen LogP contribution in [0.1, 0.15) is 16.5 Å². The van der Waals surface area contributed by atoms with Gasteiger partial charge in [0.25, 0.3) is 0 Å². The predicted octanol–water partition coefficient (Wildman–Crippen LogP) is 1.47. The zero-order chi connectivity index (χ0) is 9.26. The molecule has 0 bridgehead atoms. The normalized spacial score (nSPS) is 10.5. The largest absolute Gasteiger partial charge is 0.493 e. The third kappa shape index (κ3) is 1.86. The highest BCUT2D eigenvalue weighted by molar-refractivity contribution is 7.09. The lowest BCUT2D eigenvalue weighted by atomic mass is 10.4. The minimum absolute atomic E-state index is 0.100. The minimum Gasteiger partial charge on any atom is -0.493 e. The Labute approximate surface area is 79.3 Å². The fourth-order valence-electron chi connectivity index (χ4n) is 1.07. The van der Waals surface area contributed by atoms with Gasteiger partial charge in [-0.15, -0.1) is 11.3 Å². The summed E-state index contributed by atoms with van der Waals surface area (Å²) in [6, 6.07) is 0. The fourth-order valence-corrected chi connectivity index (χ4v) is 1.84. The quantitative estimate of drug-likeness (QED) is 0.762.